The van der Waals surface area contributed by atoms with Gasteiger partial charge in [0.25, 0.3) is 0 Å². The van der Waals surface area contributed by atoms with Crippen LogP contribution in [0.15, 0.2) is 12.1 Å². The Labute approximate surface area is 136 Å². The van der Waals surface area contributed by atoms with Crippen LogP contribution in [-0.2, 0) is 0 Å². The van der Waals surface area contributed by atoms with Crippen LogP contribution in [0, 0.1) is 6.92 Å². The van der Waals surface area contributed by atoms with Gasteiger partial charge in [0, 0.05) is 6.07 Å². The van der Waals surface area contributed by atoms with E-state index >= 15 is 0 Å². The number of hydrogen-bond acceptors (Lipinski definition) is 7. The van der Waals surface area contributed by atoms with Gasteiger partial charge in [-0.05, 0) is 19.9 Å². The van der Waals surface area contributed by atoms with Gasteiger partial charge in [0.15, 0.2) is 5.78 Å². The molecule has 0 unspecified atom stereocenters. The average Bonchev–Trinajstić information content (AvgIpc) is 2.91. The molecule has 1 aromatic carbocycles. The molecule has 122 valence electrons. The number of hydrogen-bond donors (Lipinski definition) is 2. The fourth-order valence-corrected chi connectivity index (χ4v) is 2.46. The number of benzene rings is 1. The first-order chi connectivity index (χ1) is 10.9. The molecule has 1 heterocycles. The molecule has 2 aromatic rings. The van der Waals surface area contributed by atoms with E-state index in [0.717, 1.165) is 5.01 Å². The highest BCUT2D eigenvalue weighted by atomic mass is 32.1. The zero-order chi connectivity index (χ0) is 17.0. The number of anilines is 2. The van der Waals surface area contributed by atoms with E-state index in [9.17, 15) is 9.59 Å². The molecule has 0 aliphatic heterocycles. The second-order valence-corrected chi connectivity index (χ2v) is 5.70. The summed E-state index contributed by atoms with van der Waals surface area (Å²) in [5.41, 5.74) is 0.688. The summed E-state index contributed by atoms with van der Waals surface area (Å²) in [4.78, 5) is 23.7. The minimum Gasteiger partial charge on any atom is -0.496 e. The van der Waals surface area contributed by atoms with Crippen LogP contribution in [0.5, 0.6) is 11.5 Å². The van der Waals surface area contributed by atoms with Crippen LogP contribution in [0.25, 0.3) is 0 Å². The van der Waals surface area contributed by atoms with Crippen LogP contribution in [0.2, 0.25) is 0 Å². The van der Waals surface area contributed by atoms with Crippen molar-refractivity contribution in [1.82, 2.24) is 10.2 Å². The Hall–Kier alpha value is -2.68. The van der Waals surface area contributed by atoms with Gasteiger partial charge in [-0.25, -0.2) is 4.79 Å². The van der Waals surface area contributed by atoms with Gasteiger partial charge in [0.05, 0.1) is 25.5 Å². The molecular formula is C14H16N4O4S. The molecule has 2 N–H and O–H groups in total. The van der Waals surface area contributed by atoms with E-state index in [-0.39, 0.29) is 5.78 Å². The van der Waals surface area contributed by atoms with Crippen LogP contribution in [0.1, 0.15) is 22.3 Å². The smallest absolute Gasteiger partial charge is 0.325 e. The lowest BCUT2D eigenvalue weighted by molar-refractivity contribution is 0.101. The van der Waals surface area contributed by atoms with Gasteiger partial charge < -0.3 is 14.8 Å². The second kappa shape index (κ2) is 7.05. The van der Waals surface area contributed by atoms with E-state index in [1.807, 2.05) is 0 Å². The standard InChI is InChI=1S/C14H16N4O4S/c1-7(19)9-5-10(12(22-4)6-11(9)21-3)15-13(20)16-14-18-17-8(2)23-14/h5-6H,1-4H3,(H2,15,16,18,20). The van der Waals surface area contributed by atoms with Gasteiger partial charge in [0.2, 0.25) is 5.13 Å². The number of aromatic nitrogens is 2. The molecule has 8 nitrogen and oxygen atoms in total. The van der Waals surface area contributed by atoms with E-state index in [0.29, 0.717) is 27.9 Å². The van der Waals surface area contributed by atoms with E-state index < -0.39 is 6.03 Å². The SMILES string of the molecule is COc1cc(OC)c(C(C)=O)cc1NC(=O)Nc1nnc(C)s1. The number of urea groups is 1. The van der Waals surface area contributed by atoms with Crippen molar-refractivity contribution in [2.24, 2.45) is 0 Å². The largest absolute Gasteiger partial charge is 0.496 e. The molecule has 2 amide bonds. The van der Waals surface area contributed by atoms with Crippen LogP contribution in [-0.4, -0.2) is 36.2 Å². The number of methoxy groups -OCH3 is 2. The van der Waals surface area contributed by atoms with Crippen molar-refractivity contribution < 1.29 is 19.1 Å². The third-order valence-electron chi connectivity index (χ3n) is 2.90. The predicted octanol–water partition coefficient (Wildman–Crippen LogP) is 2.71. The number of aryl methyl sites for hydroxylation is 1. The Morgan fingerprint density at radius 1 is 1.09 bits per heavy atom. The molecule has 0 fully saturated rings. The molecule has 0 saturated carbocycles. The molecule has 1 aromatic heterocycles. The van der Waals surface area contributed by atoms with Crippen LogP contribution >= 0.6 is 11.3 Å². The topological polar surface area (TPSA) is 102 Å². The Balaban J connectivity index is 2.25. The molecule has 0 aliphatic carbocycles. The molecule has 23 heavy (non-hydrogen) atoms. The summed E-state index contributed by atoms with van der Waals surface area (Å²) in [6, 6.07) is 2.53. The van der Waals surface area contributed by atoms with Gasteiger partial charge in [-0.2, -0.15) is 0 Å². The average molecular weight is 336 g/mol. The molecular weight excluding hydrogens is 320 g/mol. The predicted molar refractivity (Wildman–Crippen MR) is 86.8 cm³/mol. The van der Waals surface area contributed by atoms with Crippen LogP contribution in [0.3, 0.4) is 0 Å². The number of ether oxygens (including phenoxy) is 2. The first kappa shape index (κ1) is 16.7. The lowest BCUT2D eigenvalue weighted by Crippen LogP contribution is -2.20. The Morgan fingerprint density at radius 3 is 2.30 bits per heavy atom. The lowest BCUT2D eigenvalue weighted by Gasteiger charge is -2.14. The zero-order valence-electron chi connectivity index (χ0n) is 13.1. The summed E-state index contributed by atoms with van der Waals surface area (Å²) < 4.78 is 10.4. The van der Waals surface area contributed by atoms with Crippen LogP contribution < -0.4 is 20.1 Å². The Bertz CT molecular complexity index is 744. The molecule has 0 saturated heterocycles. The fourth-order valence-electron chi connectivity index (χ4n) is 1.87. The van der Waals surface area contributed by atoms with E-state index in [4.69, 9.17) is 9.47 Å². The third kappa shape index (κ3) is 3.95. The molecule has 0 spiro atoms. The second-order valence-electron chi connectivity index (χ2n) is 4.51. The van der Waals surface area contributed by atoms with E-state index in [2.05, 4.69) is 20.8 Å². The summed E-state index contributed by atoms with van der Waals surface area (Å²) in [7, 11) is 2.91. The number of amides is 2. The highest BCUT2D eigenvalue weighted by Crippen LogP contribution is 2.33. The first-order valence-electron chi connectivity index (χ1n) is 6.59. The number of nitrogens with zero attached hydrogens (tertiary/aromatic N) is 2. The minimum atomic E-state index is -0.515. The van der Waals surface area contributed by atoms with Crippen molar-refractivity contribution in [3.05, 3.63) is 22.7 Å². The molecule has 0 atom stereocenters. The number of Topliss-reactive ketones (excluding diaryl/α,β-unsaturated/α-hetero) is 1. The maximum atomic E-state index is 12.0. The quantitative estimate of drug-likeness (QED) is 0.814. The normalized spacial score (nSPS) is 10.1. The lowest BCUT2D eigenvalue weighted by atomic mass is 10.1. The number of ketones is 1. The van der Waals surface area contributed by atoms with Gasteiger partial charge >= 0.3 is 6.03 Å². The van der Waals surface area contributed by atoms with Crippen molar-refractivity contribution in [2.75, 3.05) is 24.9 Å². The van der Waals surface area contributed by atoms with Crippen molar-refractivity contribution >= 4 is 34.0 Å². The maximum absolute atomic E-state index is 12.0. The van der Waals surface area contributed by atoms with Gasteiger partial charge in [0.1, 0.15) is 16.5 Å². The number of carbonyl (C=O) groups excluding carboxylic acids is 2. The minimum absolute atomic E-state index is 0.187. The van der Waals surface area contributed by atoms with Crippen molar-refractivity contribution in [2.45, 2.75) is 13.8 Å². The van der Waals surface area contributed by atoms with E-state index in [1.54, 1.807) is 13.0 Å². The van der Waals surface area contributed by atoms with Crippen LogP contribution in [0.4, 0.5) is 15.6 Å². The summed E-state index contributed by atoms with van der Waals surface area (Å²) in [6.45, 7) is 3.20. The van der Waals surface area contributed by atoms with Gasteiger partial charge in [-0.15, -0.1) is 10.2 Å². The summed E-state index contributed by atoms with van der Waals surface area (Å²) in [5.74, 6) is 0.559. The first-order valence-corrected chi connectivity index (χ1v) is 7.41. The molecule has 0 radical (unpaired) electrons. The number of rotatable bonds is 5. The summed E-state index contributed by atoms with van der Waals surface area (Å²) >= 11 is 1.25. The molecule has 0 bridgehead atoms. The summed E-state index contributed by atoms with van der Waals surface area (Å²) in [5, 5.41) is 13.9. The fraction of sp³-hybridized carbons (Fsp3) is 0.286. The Kier molecular flexibility index (Phi) is 5.12. The molecule has 0 aliphatic rings. The highest BCUT2D eigenvalue weighted by molar-refractivity contribution is 7.15. The summed E-state index contributed by atoms with van der Waals surface area (Å²) in [6.07, 6.45) is 0. The van der Waals surface area contributed by atoms with Gasteiger partial charge in [-0.1, -0.05) is 11.3 Å². The molecule has 9 heteroatoms. The Morgan fingerprint density at radius 2 is 1.78 bits per heavy atom. The highest BCUT2D eigenvalue weighted by Gasteiger charge is 2.16. The zero-order valence-corrected chi connectivity index (χ0v) is 13.9. The number of nitrogens with one attached hydrogen (secondary N) is 2. The van der Waals surface area contributed by atoms with E-state index in [1.165, 1.54) is 38.5 Å². The van der Waals surface area contributed by atoms with Crippen molar-refractivity contribution in [3.8, 4) is 11.5 Å². The monoisotopic (exact) mass is 336 g/mol. The third-order valence-corrected chi connectivity index (χ3v) is 3.65. The van der Waals surface area contributed by atoms with Gasteiger partial charge in [-0.3, -0.25) is 10.1 Å². The van der Waals surface area contributed by atoms with Crippen molar-refractivity contribution in [3.63, 3.8) is 0 Å². The maximum Gasteiger partial charge on any atom is 0.325 e. The number of carbonyl (C=O) groups is 2. The molecule has 2 rings (SSSR count). The van der Waals surface area contributed by atoms with Crippen molar-refractivity contribution in [1.29, 1.82) is 0 Å².